The quantitative estimate of drug-likeness (QED) is 0.624. The van der Waals surface area contributed by atoms with Gasteiger partial charge in [0.25, 0.3) is 5.91 Å². The van der Waals surface area contributed by atoms with Gasteiger partial charge in [0.1, 0.15) is 5.82 Å². The SMILES string of the molecule is CN1CCN(CCc2ccc(NC(=O)c3nc(C4CC4)n(-c4ccccc4)n3)cc2)CC1. The lowest BCUT2D eigenvalue weighted by Gasteiger charge is -2.32. The molecule has 2 aliphatic rings. The van der Waals surface area contributed by atoms with Gasteiger partial charge in [-0.3, -0.25) is 4.79 Å². The first-order valence-electron chi connectivity index (χ1n) is 11.5. The first-order chi connectivity index (χ1) is 15.7. The second-order valence-corrected chi connectivity index (χ2v) is 8.86. The molecule has 0 atom stereocenters. The Balaban J connectivity index is 1.21. The maximum Gasteiger partial charge on any atom is 0.295 e. The van der Waals surface area contributed by atoms with Crippen molar-refractivity contribution in [3.05, 3.63) is 71.8 Å². The van der Waals surface area contributed by atoms with E-state index in [2.05, 4.69) is 44.4 Å². The Labute approximate surface area is 189 Å². The van der Waals surface area contributed by atoms with E-state index >= 15 is 0 Å². The lowest BCUT2D eigenvalue weighted by molar-refractivity contribution is 0.101. The molecule has 2 aromatic carbocycles. The Morgan fingerprint density at radius 1 is 1.00 bits per heavy atom. The summed E-state index contributed by atoms with van der Waals surface area (Å²) in [5, 5.41) is 7.48. The van der Waals surface area contributed by atoms with E-state index in [0.29, 0.717) is 5.92 Å². The molecule has 3 aromatic rings. The van der Waals surface area contributed by atoms with Gasteiger partial charge in [-0.1, -0.05) is 30.3 Å². The molecule has 1 aromatic heterocycles. The number of para-hydroxylation sites is 1. The van der Waals surface area contributed by atoms with E-state index < -0.39 is 0 Å². The van der Waals surface area contributed by atoms with E-state index in [1.54, 1.807) is 0 Å². The van der Waals surface area contributed by atoms with Crippen molar-refractivity contribution in [3.8, 4) is 5.69 Å². The van der Waals surface area contributed by atoms with Gasteiger partial charge in [0, 0.05) is 44.3 Å². The van der Waals surface area contributed by atoms with Gasteiger partial charge < -0.3 is 15.1 Å². The van der Waals surface area contributed by atoms with Crippen LogP contribution in [-0.4, -0.2) is 70.2 Å². The molecule has 1 saturated heterocycles. The first-order valence-corrected chi connectivity index (χ1v) is 11.5. The van der Waals surface area contributed by atoms with Crippen LogP contribution in [0.2, 0.25) is 0 Å². The summed E-state index contributed by atoms with van der Waals surface area (Å²) in [6.45, 7) is 5.62. The third-order valence-corrected chi connectivity index (χ3v) is 6.30. The summed E-state index contributed by atoms with van der Waals surface area (Å²) in [4.78, 5) is 22.3. The van der Waals surface area contributed by atoms with Gasteiger partial charge in [0.15, 0.2) is 0 Å². The van der Waals surface area contributed by atoms with E-state index in [1.807, 2.05) is 47.1 Å². The second-order valence-electron chi connectivity index (χ2n) is 8.86. The predicted octanol–water partition coefficient (Wildman–Crippen LogP) is 3.19. The minimum absolute atomic E-state index is 0.217. The van der Waals surface area contributed by atoms with Crippen molar-refractivity contribution in [2.24, 2.45) is 0 Å². The number of hydrogen-bond donors (Lipinski definition) is 1. The highest BCUT2D eigenvalue weighted by Gasteiger charge is 2.31. The summed E-state index contributed by atoms with van der Waals surface area (Å²) >= 11 is 0. The number of aromatic nitrogens is 3. The smallest absolute Gasteiger partial charge is 0.295 e. The van der Waals surface area contributed by atoms with Crippen LogP contribution in [0.15, 0.2) is 54.6 Å². The maximum absolute atomic E-state index is 12.8. The minimum atomic E-state index is -0.272. The molecule has 0 unspecified atom stereocenters. The summed E-state index contributed by atoms with van der Waals surface area (Å²) < 4.78 is 1.81. The number of amides is 1. The van der Waals surface area contributed by atoms with Gasteiger partial charge in [-0.2, -0.15) is 0 Å². The molecular formula is C25H30N6O. The maximum atomic E-state index is 12.8. The summed E-state index contributed by atoms with van der Waals surface area (Å²) in [5.74, 6) is 1.21. The summed E-state index contributed by atoms with van der Waals surface area (Å²) in [5.41, 5.74) is 2.98. The zero-order valence-electron chi connectivity index (χ0n) is 18.6. The number of hydrogen-bond acceptors (Lipinski definition) is 5. The Hall–Kier alpha value is -3.03. The zero-order valence-corrected chi connectivity index (χ0v) is 18.6. The molecule has 0 bridgehead atoms. The molecule has 2 heterocycles. The van der Waals surface area contributed by atoms with E-state index in [4.69, 9.17) is 0 Å². The van der Waals surface area contributed by atoms with Crippen LogP contribution in [0.5, 0.6) is 0 Å². The topological polar surface area (TPSA) is 66.3 Å². The van der Waals surface area contributed by atoms with Gasteiger partial charge in [-0.15, -0.1) is 5.10 Å². The van der Waals surface area contributed by atoms with Crippen molar-refractivity contribution in [1.29, 1.82) is 0 Å². The molecule has 1 aliphatic heterocycles. The largest absolute Gasteiger partial charge is 0.319 e. The molecule has 0 radical (unpaired) electrons. The average molecular weight is 431 g/mol. The molecule has 5 rings (SSSR count). The molecule has 1 N–H and O–H groups in total. The standard InChI is InChI=1S/C25H30N6O/c1-29-15-17-30(18-16-29)14-13-19-7-11-21(12-8-19)26-25(32)23-27-24(20-9-10-20)31(28-23)22-5-3-2-4-6-22/h2-8,11-12,20H,9-10,13-18H2,1H3,(H,26,32). The normalized spacial score (nSPS) is 17.4. The van der Waals surface area contributed by atoms with Crippen LogP contribution >= 0.6 is 0 Å². The minimum Gasteiger partial charge on any atom is -0.319 e. The molecule has 7 heteroatoms. The molecule has 7 nitrogen and oxygen atoms in total. The van der Waals surface area contributed by atoms with Crippen LogP contribution in [0.1, 0.15) is 40.8 Å². The van der Waals surface area contributed by atoms with E-state index in [9.17, 15) is 4.79 Å². The molecule has 1 saturated carbocycles. The third kappa shape index (κ3) is 4.89. The number of carbonyl (C=O) groups is 1. The van der Waals surface area contributed by atoms with Crippen molar-refractivity contribution in [2.45, 2.75) is 25.2 Å². The van der Waals surface area contributed by atoms with Crippen LogP contribution in [0.3, 0.4) is 0 Å². The molecule has 2 fully saturated rings. The van der Waals surface area contributed by atoms with E-state index in [1.165, 1.54) is 5.56 Å². The zero-order chi connectivity index (χ0) is 21.9. The van der Waals surface area contributed by atoms with Crippen LogP contribution < -0.4 is 5.32 Å². The van der Waals surface area contributed by atoms with Crippen molar-refractivity contribution in [2.75, 3.05) is 45.1 Å². The third-order valence-electron chi connectivity index (χ3n) is 6.30. The average Bonchev–Trinajstić information content (AvgIpc) is 3.58. The molecule has 1 aliphatic carbocycles. The highest BCUT2D eigenvalue weighted by Crippen LogP contribution is 2.39. The van der Waals surface area contributed by atoms with Gasteiger partial charge in [-0.25, -0.2) is 9.67 Å². The van der Waals surface area contributed by atoms with Crippen molar-refractivity contribution in [1.82, 2.24) is 24.6 Å². The lowest BCUT2D eigenvalue weighted by Crippen LogP contribution is -2.45. The van der Waals surface area contributed by atoms with Crippen molar-refractivity contribution < 1.29 is 4.79 Å². The fraction of sp³-hybridized carbons (Fsp3) is 0.400. The molecular weight excluding hydrogens is 400 g/mol. The van der Waals surface area contributed by atoms with Crippen LogP contribution in [0.25, 0.3) is 5.69 Å². The fourth-order valence-electron chi connectivity index (χ4n) is 4.09. The van der Waals surface area contributed by atoms with Crippen molar-refractivity contribution in [3.63, 3.8) is 0 Å². The second kappa shape index (κ2) is 9.22. The monoisotopic (exact) mass is 430 g/mol. The Morgan fingerprint density at radius 3 is 2.41 bits per heavy atom. The summed E-state index contributed by atoms with van der Waals surface area (Å²) in [6.07, 6.45) is 3.22. The van der Waals surface area contributed by atoms with E-state index in [0.717, 1.165) is 69.2 Å². The first kappa shape index (κ1) is 20.8. The molecule has 32 heavy (non-hydrogen) atoms. The van der Waals surface area contributed by atoms with Gasteiger partial charge in [0.2, 0.25) is 5.82 Å². The Kier molecular flexibility index (Phi) is 6.01. The Bertz CT molecular complexity index is 1050. The number of rotatable bonds is 7. The molecule has 166 valence electrons. The summed E-state index contributed by atoms with van der Waals surface area (Å²) in [7, 11) is 2.18. The number of benzene rings is 2. The van der Waals surface area contributed by atoms with Crippen molar-refractivity contribution >= 4 is 11.6 Å². The number of nitrogens with one attached hydrogen (secondary N) is 1. The van der Waals surface area contributed by atoms with E-state index in [-0.39, 0.29) is 11.7 Å². The van der Waals surface area contributed by atoms with Gasteiger partial charge in [0.05, 0.1) is 5.69 Å². The van der Waals surface area contributed by atoms with Crippen LogP contribution in [0.4, 0.5) is 5.69 Å². The predicted molar refractivity (Wildman–Crippen MR) is 125 cm³/mol. The van der Waals surface area contributed by atoms with Crippen LogP contribution in [0, 0.1) is 0 Å². The molecule has 0 spiro atoms. The number of piperazine rings is 1. The number of anilines is 1. The highest BCUT2D eigenvalue weighted by atomic mass is 16.2. The number of carbonyl (C=O) groups excluding carboxylic acids is 1. The number of nitrogens with zero attached hydrogens (tertiary/aromatic N) is 5. The highest BCUT2D eigenvalue weighted by molar-refractivity contribution is 6.01. The van der Waals surface area contributed by atoms with Gasteiger partial charge >= 0.3 is 0 Å². The Morgan fingerprint density at radius 2 is 1.72 bits per heavy atom. The molecule has 1 amide bonds. The lowest BCUT2D eigenvalue weighted by atomic mass is 10.1. The van der Waals surface area contributed by atoms with Gasteiger partial charge in [-0.05, 0) is 56.1 Å². The summed E-state index contributed by atoms with van der Waals surface area (Å²) in [6, 6.07) is 18.0. The van der Waals surface area contributed by atoms with Crippen LogP contribution in [-0.2, 0) is 6.42 Å². The number of likely N-dealkylation sites (N-methyl/N-ethyl adjacent to an activating group) is 1. The fourth-order valence-corrected chi connectivity index (χ4v) is 4.09.